The van der Waals surface area contributed by atoms with Crippen LogP contribution in [0.1, 0.15) is 66.7 Å². The molecule has 0 aromatic heterocycles. The molecule has 1 aliphatic carbocycles. The van der Waals surface area contributed by atoms with Crippen LogP contribution in [0.25, 0.3) is 0 Å². The van der Waals surface area contributed by atoms with Gasteiger partial charge in [0.05, 0.1) is 5.60 Å². The monoisotopic (exact) mass is 314 g/mol. The zero-order valence-corrected chi connectivity index (χ0v) is 14.9. The second-order valence-electron chi connectivity index (χ2n) is 8.35. The number of carbonyl (C=O) groups excluding carboxylic acids is 1. The van der Waals surface area contributed by atoms with E-state index in [1.165, 1.54) is 0 Å². The van der Waals surface area contributed by atoms with Crippen LogP contribution in [0.3, 0.4) is 0 Å². The molecular weight excluding hydrogens is 280 g/mol. The van der Waals surface area contributed by atoms with Crippen molar-refractivity contribution in [2.45, 2.75) is 77.9 Å². The van der Waals surface area contributed by atoms with E-state index in [1.807, 2.05) is 20.8 Å². The first-order valence-electron chi connectivity index (χ1n) is 8.41. The molecule has 1 amide bonds. The molecule has 0 saturated heterocycles. The van der Waals surface area contributed by atoms with Crippen molar-refractivity contribution in [3.05, 3.63) is 0 Å². The molecule has 0 atom stereocenters. The number of nitrogens with one attached hydrogen (secondary N) is 2. The molecule has 0 radical (unpaired) electrons. The van der Waals surface area contributed by atoms with Gasteiger partial charge in [0, 0.05) is 13.1 Å². The van der Waals surface area contributed by atoms with Gasteiger partial charge in [-0.3, -0.25) is 0 Å². The Balaban J connectivity index is 2.07. The van der Waals surface area contributed by atoms with Crippen molar-refractivity contribution in [3.8, 4) is 0 Å². The third-order valence-corrected chi connectivity index (χ3v) is 4.19. The fraction of sp³-hybridized carbons (Fsp3) is 0.941. The number of rotatable bonds is 6. The quantitative estimate of drug-likeness (QED) is 0.659. The number of amides is 1. The lowest BCUT2D eigenvalue weighted by Gasteiger charge is -2.40. The largest absolute Gasteiger partial charge is 0.444 e. The predicted molar refractivity (Wildman–Crippen MR) is 88.9 cm³/mol. The highest BCUT2D eigenvalue weighted by molar-refractivity contribution is 5.67. The van der Waals surface area contributed by atoms with Crippen molar-refractivity contribution < 1.29 is 14.6 Å². The highest BCUT2D eigenvalue weighted by atomic mass is 16.6. The van der Waals surface area contributed by atoms with E-state index in [2.05, 4.69) is 24.5 Å². The molecule has 5 heteroatoms. The smallest absolute Gasteiger partial charge is 0.407 e. The molecule has 3 N–H and O–H groups in total. The van der Waals surface area contributed by atoms with Gasteiger partial charge in [0.2, 0.25) is 0 Å². The van der Waals surface area contributed by atoms with Gasteiger partial charge in [-0.1, -0.05) is 13.8 Å². The maximum absolute atomic E-state index is 11.5. The predicted octanol–water partition coefficient (Wildman–Crippen LogP) is 2.82. The van der Waals surface area contributed by atoms with Gasteiger partial charge in [0.15, 0.2) is 0 Å². The highest BCUT2D eigenvalue weighted by Gasteiger charge is 2.36. The lowest BCUT2D eigenvalue weighted by atomic mass is 9.71. The first-order chi connectivity index (χ1) is 10.0. The van der Waals surface area contributed by atoms with Crippen LogP contribution in [0.4, 0.5) is 4.79 Å². The summed E-state index contributed by atoms with van der Waals surface area (Å²) in [5, 5.41) is 16.6. The molecule has 1 fully saturated rings. The van der Waals surface area contributed by atoms with Crippen molar-refractivity contribution in [1.29, 1.82) is 0 Å². The summed E-state index contributed by atoms with van der Waals surface area (Å²) in [5.41, 5.74) is -0.655. The third kappa shape index (κ3) is 7.99. The van der Waals surface area contributed by atoms with Gasteiger partial charge in [0.25, 0.3) is 0 Å². The van der Waals surface area contributed by atoms with Gasteiger partial charge in [0.1, 0.15) is 5.60 Å². The molecule has 22 heavy (non-hydrogen) atoms. The van der Waals surface area contributed by atoms with Crippen LogP contribution < -0.4 is 10.6 Å². The summed E-state index contributed by atoms with van der Waals surface area (Å²) in [6, 6.07) is 0. The minimum Gasteiger partial charge on any atom is -0.444 e. The molecule has 5 nitrogen and oxygen atoms in total. The van der Waals surface area contributed by atoms with E-state index in [1.54, 1.807) is 0 Å². The van der Waals surface area contributed by atoms with E-state index in [4.69, 9.17) is 4.74 Å². The van der Waals surface area contributed by atoms with Crippen molar-refractivity contribution in [3.63, 3.8) is 0 Å². The van der Waals surface area contributed by atoms with Gasteiger partial charge >= 0.3 is 6.09 Å². The highest BCUT2D eigenvalue weighted by Crippen LogP contribution is 2.39. The Morgan fingerprint density at radius 1 is 1.14 bits per heavy atom. The average molecular weight is 314 g/mol. The summed E-state index contributed by atoms with van der Waals surface area (Å²) in [5.74, 6) is 0. The molecule has 0 aromatic carbocycles. The Labute approximate surface area is 135 Å². The van der Waals surface area contributed by atoms with Crippen molar-refractivity contribution >= 4 is 6.09 Å². The number of ether oxygens (including phenoxy) is 1. The second-order valence-corrected chi connectivity index (χ2v) is 8.35. The SMILES string of the molecule is CC1(C)CCC(O)(CNCCCNC(=O)OC(C)(C)C)CC1. The van der Waals surface area contributed by atoms with Crippen LogP contribution in [0.5, 0.6) is 0 Å². The number of carbonyl (C=O) groups is 1. The zero-order chi connectivity index (χ0) is 16.9. The van der Waals surface area contributed by atoms with Gasteiger partial charge in [-0.15, -0.1) is 0 Å². The Hall–Kier alpha value is -0.810. The van der Waals surface area contributed by atoms with Crippen molar-refractivity contribution in [2.75, 3.05) is 19.6 Å². The summed E-state index contributed by atoms with van der Waals surface area (Å²) >= 11 is 0. The standard InChI is InChI=1S/C17H34N2O3/c1-15(2,3)22-14(20)19-12-6-11-18-13-17(21)9-7-16(4,5)8-10-17/h18,21H,6-13H2,1-5H3,(H,19,20). The summed E-state index contributed by atoms with van der Waals surface area (Å²) in [6.07, 6.45) is 4.32. The normalized spacial score (nSPS) is 20.5. The molecule has 0 heterocycles. The minimum absolute atomic E-state index is 0.365. The fourth-order valence-corrected chi connectivity index (χ4v) is 2.61. The van der Waals surface area contributed by atoms with Gasteiger partial charge in [-0.25, -0.2) is 4.79 Å². The first kappa shape index (κ1) is 19.2. The van der Waals surface area contributed by atoms with Crippen molar-refractivity contribution in [1.82, 2.24) is 10.6 Å². The number of hydrogen-bond donors (Lipinski definition) is 3. The summed E-state index contributed by atoms with van der Waals surface area (Å²) in [4.78, 5) is 11.5. The molecule has 1 rings (SSSR count). The summed E-state index contributed by atoms with van der Waals surface area (Å²) in [6.45, 7) is 12.1. The molecule has 130 valence electrons. The molecule has 0 aliphatic heterocycles. The van der Waals surface area contributed by atoms with E-state index in [9.17, 15) is 9.90 Å². The van der Waals surface area contributed by atoms with Gasteiger partial charge < -0.3 is 20.5 Å². The molecule has 0 spiro atoms. The fourth-order valence-electron chi connectivity index (χ4n) is 2.61. The molecule has 0 bridgehead atoms. The number of alkyl carbamates (subject to hydrolysis) is 1. The van der Waals surface area contributed by atoms with E-state index in [-0.39, 0.29) is 6.09 Å². The minimum atomic E-state index is -0.561. The zero-order valence-electron chi connectivity index (χ0n) is 14.9. The van der Waals surface area contributed by atoms with E-state index in [0.29, 0.717) is 18.5 Å². The topological polar surface area (TPSA) is 70.6 Å². The van der Waals surface area contributed by atoms with Crippen LogP contribution in [0.15, 0.2) is 0 Å². The average Bonchev–Trinajstić information content (AvgIpc) is 2.36. The maximum atomic E-state index is 11.5. The molecule has 0 aromatic rings. The molecular formula is C17H34N2O3. The van der Waals surface area contributed by atoms with Crippen molar-refractivity contribution in [2.24, 2.45) is 5.41 Å². The lowest BCUT2D eigenvalue weighted by Crippen LogP contribution is -2.45. The Morgan fingerprint density at radius 2 is 1.73 bits per heavy atom. The van der Waals surface area contributed by atoms with E-state index in [0.717, 1.165) is 38.6 Å². The van der Waals surface area contributed by atoms with Crippen LogP contribution in [-0.2, 0) is 4.74 Å². The van der Waals surface area contributed by atoms with Crippen LogP contribution >= 0.6 is 0 Å². The number of hydrogen-bond acceptors (Lipinski definition) is 4. The number of aliphatic hydroxyl groups is 1. The second kappa shape index (κ2) is 7.64. The lowest BCUT2D eigenvalue weighted by molar-refractivity contribution is -0.0241. The Bertz CT molecular complexity index is 351. The van der Waals surface area contributed by atoms with Crippen LogP contribution in [0.2, 0.25) is 0 Å². The van der Waals surface area contributed by atoms with E-state index >= 15 is 0 Å². The summed E-state index contributed by atoms with van der Waals surface area (Å²) < 4.78 is 5.16. The Morgan fingerprint density at radius 3 is 2.27 bits per heavy atom. The van der Waals surface area contributed by atoms with Gasteiger partial charge in [-0.05, 0) is 64.8 Å². The van der Waals surface area contributed by atoms with Gasteiger partial charge in [-0.2, -0.15) is 0 Å². The summed E-state index contributed by atoms with van der Waals surface area (Å²) in [7, 11) is 0. The maximum Gasteiger partial charge on any atom is 0.407 e. The first-order valence-corrected chi connectivity index (χ1v) is 8.41. The van der Waals surface area contributed by atoms with Crippen LogP contribution in [0, 0.1) is 5.41 Å². The molecule has 1 aliphatic rings. The van der Waals surface area contributed by atoms with Crippen LogP contribution in [-0.4, -0.2) is 42.0 Å². The molecule has 1 saturated carbocycles. The van der Waals surface area contributed by atoms with E-state index < -0.39 is 11.2 Å². The molecule has 0 unspecified atom stereocenters. The third-order valence-electron chi connectivity index (χ3n) is 4.19. The Kier molecular flexibility index (Phi) is 6.68.